The molecule has 0 saturated carbocycles. The van der Waals surface area contributed by atoms with E-state index in [1.54, 1.807) is 25.6 Å². The van der Waals surface area contributed by atoms with Crippen LogP contribution in [0.1, 0.15) is 22.8 Å². The lowest BCUT2D eigenvalue weighted by molar-refractivity contribution is 0.178. The lowest BCUT2D eigenvalue weighted by Crippen LogP contribution is -2.02. The summed E-state index contributed by atoms with van der Waals surface area (Å²) >= 11 is 1.61. The van der Waals surface area contributed by atoms with Gasteiger partial charge < -0.3 is 14.6 Å². The molecule has 1 atom stereocenters. The van der Waals surface area contributed by atoms with Crippen molar-refractivity contribution in [3.63, 3.8) is 0 Å². The Balaban J connectivity index is 2.17. The number of methoxy groups -OCH3 is 2. The quantitative estimate of drug-likeness (QED) is 0.911. The zero-order chi connectivity index (χ0) is 13.8. The molecule has 3 nitrogen and oxygen atoms in total. The van der Waals surface area contributed by atoms with Crippen LogP contribution in [0.2, 0.25) is 0 Å². The minimum absolute atomic E-state index is 0.482. The van der Waals surface area contributed by atoms with Gasteiger partial charge in [-0.3, -0.25) is 0 Å². The molecule has 0 aliphatic carbocycles. The number of aliphatic hydroxyl groups is 1. The van der Waals surface area contributed by atoms with Gasteiger partial charge in [0, 0.05) is 6.42 Å². The zero-order valence-electron chi connectivity index (χ0n) is 11.3. The number of ether oxygens (including phenoxy) is 2. The summed E-state index contributed by atoms with van der Waals surface area (Å²) < 4.78 is 10.5. The van der Waals surface area contributed by atoms with Crippen LogP contribution in [0.5, 0.6) is 11.5 Å². The lowest BCUT2D eigenvalue weighted by atomic mass is 10.0. The van der Waals surface area contributed by atoms with Gasteiger partial charge in [-0.2, -0.15) is 11.3 Å². The number of thiophene rings is 1. The van der Waals surface area contributed by atoms with Gasteiger partial charge in [-0.05, 0) is 46.5 Å². The second-order valence-electron chi connectivity index (χ2n) is 4.42. The van der Waals surface area contributed by atoms with Gasteiger partial charge in [0.15, 0.2) is 11.5 Å². The maximum atomic E-state index is 10.3. The second kappa shape index (κ2) is 6.08. The van der Waals surface area contributed by atoms with Crippen LogP contribution in [0.25, 0.3) is 0 Å². The highest BCUT2D eigenvalue weighted by Crippen LogP contribution is 2.30. The normalized spacial score (nSPS) is 12.2. The Morgan fingerprint density at radius 1 is 1.16 bits per heavy atom. The summed E-state index contributed by atoms with van der Waals surface area (Å²) in [5, 5.41) is 14.3. The molecule has 0 saturated heterocycles. The van der Waals surface area contributed by atoms with Gasteiger partial charge in [0.05, 0.1) is 20.3 Å². The van der Waals surface area contributed by atoms with Crippen molar-refractivity contribution in [3.8, 4) is 11.5 Å². The fourth-order valence-electron chi connectivity index (χ4n) is 2.05. The van der Waals surface area contributed by atoms with Crippen LogP contribution in [-0.4, -0.2) is 19.3 Å². The molecule has 4 heteroatoms. The Morgan fingerprint density at radius 2 is 1.89 bits per heavy atom. The van der Waals surface area contributed by atoms with Crippen molar-refractivity contribution in [2.24, 2.45) is 0 Å². The Morgan fingerprint density at radius 3 is 2.47 bits per heavy atom. The standard InChI is InChI=1S/C15H18O3S/c1-10-8-19-9-12(10)13(16)6-11-4-5-14(17-2)15(7-11)18-3/h4-5,7-9,13,16H,6H2,1-3H3. The maximum Gasteiger partial charge on any atom is 0.160 e. The van der Waals surface area contributed by atoms with Crippen LogP contribution in [0.4, 0.5) is 0 Å². The van der Waals surface area contributed by atoms with Crippen molar-refractivity contribution >= 4 is 11.3 Å². The number of hydrogen-bond donors (Lipinski definition) is 1. The van der Waals surface area contributed by atoms with Crippen LogP contribution in [0.3, 0.4) is 0 Å². The van der Waals surface area contributed by atoms with E-state index in [-0.39, 0.29) is 0 Å². The highest BCUT2D eigenvalue weighted by Gasteiger charge is 2.13. The zero-order valence-corrected chi connectivity index (χ0v) is 12.2. The predicted octanol–water partition coefficient (Wildman–Crippen LogP) is 3.35. The van der Waals surface area contributed by atoms with Gasteiger partial charge in [-0.1, -0.05) is 6.07 Å². The molecule has 0 spiro atoms. The van der Waals surface area contributed by atoms with Gasteiger partial charge >= 0.3 is 0 Å². The summed E-state index contributed by atoms with van der Waals surface area (Å²) in [4.78, 5) is 0. The summed E-state index contributed by atoms with van der Waals surface area (Å²) in [6.45, 7) is 2.02. The summed E-state index contributed by atoms with van der Waals surface area (Å²) in [5.41, 5.74) is 3.16. The molecule has 1 aromatic carbocycles. The first-order valence-corrected chi connectivity index (χ1v) is 7.01. The van der Waals surface area contributed by atoms with E-state index in [4.69, 9.17) is 9.47 Å². The molecule has 0 aliphatic heterocycles. The summed E-state index contributed by atoms with van der Waals surface area (Å²) in [7, 11) is 3.22. The number of aliphatic hydroxyl groups excluding tert-OH is 1. The molecule has 1 heterocycles. The Labute approximate surface area is 117 Å². The molecule has 2 rings (SSSR count). The van der Waals surface area contributed by atoms with Gasteiger partial charge in [0.25, 0.3) is 0 Å². The van der Waals surface area contributed by atoms with E-state index < -0.39 is 6.10 Å². The molecule has 1 N–H and O–H groups in total. The van der Waals surface area contributed by atoms with Crippen molar-refractivity contribution in [3.05, 3.63) is 45.6 Å². The largest absolute Gasteiger partial charge is 0.493 e. The third-order valence-corrected chi connectivity index (χ3v) is 4.01. The van der Waals surface area contributed by atoms with Crippen molar-refractivity contribution < 1.29 is 14.6 Å². The number of benzene rings is 1. The van der Waals surface area contributed by atoms with Crippen LogP contribution in [0.15, 0.2) is 29.0 Å². The topological polar surface area (TPSA) is 38.7 Å². The van der Waals surface area contributed by atoms with Gasteiger partial charge in [-0.15, -0.1) is 0 Å². The van der Waals surface area contributed by atoms with Crippen molar-refractivity contribution in [2.45, 2.75) is 19.4 Å². The van der Waals surface area contributed by atoms with Crippen molar-refractivity contribution in [1.29, 1.82) is 0 Å². The molecular formula is C15H18O3S. The highest BCUT2D eigenvalue weighted by molar-refractivity contribution is 7.08. The van der Waals surface area contributed by atoms with Gasteiger partial charge in [-0.25, -0.2) is 0 Å². The molecule has 0 amide bonds. The minimum Gasteiger partial charge on any atom is -0.493 e. The average Bonchev–Trinajstić information content (AvgIpc) is 2.85. The third kappa shape index (κ3) is 3.08. The van der Waals surface area contributed by atoms with Crippen LogP contribution in [-0.2, 0) is 6.42 Å². The molecule has 2 aromatic rings. The van der Waals surface area contributed by atoms with Crippen molar-refractivity contribution in [1.82, 2.24) is 0 Å². The van der Waals surface area contributed by atoms with Gasteiger partial charge in [0.1, 0.15) is 0 Å². The summed E-state index contributed by atoms with van der Waals surface area (Å²) in [5.74, 6) is 1.39. The Hall–Kier alpha value is -1.52. The van der Waals surface area contributed by atoms with Crippen LogP contribution >= 0.6 is 11.3 Å². The Kier molecular flexibility index (Phi) is 4.45. The van der Waals surface area contributed by atoms with Crippen LogP contribution < -0.4 is 9.47 Å². The molecular weight excluding hydrogens is 260 g/mol. The first kappa shape index (κ1) is 13.9. The minimum atomic E-state index is -0.482. The molecule has 1 unspecified atom stereocenters. The van der Waals surface area contributed by atoms with E-state index in [2.05, 4.69) is 0 Å². The van der Waals surface area contributed by atoms with E-state index in [9.17, 15) is 5.11 Å². The highest BCUT2D eigenvalue weighted by atomic mass is 32.1. The fraction of sp³-hybridized carbons (Fsp3) is 0.333. The fourth-order valence-corrected chi connectivity index (χ4v) is 2.95. The SMILES string of the molecule is COc1ccc(CC(O)c2cscc2C)cc1OC. The third-order valence-electron chi connectivity index (χ3n) is 3.13. The van der Waals surface area contributed by atoms with E-state index in [1.165, 1.54) is 0 Å². The van der Waals surface area contributed by atoms with Crippen molar-refractivity contribution in [2.75, 3.05) is 14.2 Å². The molecule has 19 heavy (non-hydrogen) atoms. The van der Waals surface area contributed by atoms with E-state index >= 15 is 0 Å². The van der Waals surface area contributed by atoms with Crippen LogP contribution in [0, 0.1) is 6.92 Å². The molecule has 0 fully saturated rings. The summed E-state index contributed by atoms with van der Waals surface area (Å²) in [6.07, 6.45) is 0.0853. The average molecular weight is 278 g/mol. The summed E-state index contributed by atoms with van der Waals surface area (Å²) in [6, 6.07) is 5.72. The second-order valence-corrected chi connectivity index (χ2v) is 5.16. The molecule has 102 valence electrons. The predicted molar refractivity (Wildman–Crippen MR) is 77.3 cm³/mol. The van der Waals surface area contributed by atoms with E-state index in [0.29, 0.717) is 17.9 Å². The monoisotopic (exact) mass is 278 g/mol. The number of rotatable bonds is 5. The molecule has 0 radical (unpaired) electrons. The maximum absolute atomic E-state index is 10.3. The molecule has 0 bridgehead atoms. The number of aryl methyl sites for hydroxylation is 1. The molecule has 0 aliphatic rings. The lowest BCUT2D eigenvalue weighted by Gasteiger charge is -2.13. The first-order chi connectivity index (χ1) is 9.15. The smallest absolute Gasteiger partial charge is 0.160 e. The van der Waals surface area contributed by atoms with E-state index in [1.807, 2.05) is 35.9 Å². The number of hydrogen-bond acceptors (Lipinski definition) is 4. The Bertz CT molecular complexity index is 548. The first-order valence-electron chi connectivity index (χ1n) is 6.07. The van der Waals surface area contributed by atoms with E-state index in [0.717, 1.165) is 16.7 Å². The molecule has 1 aromatic heterocycles. The van der Waals surface area contributed by atoms with Gasteiger partial charge in [0.2, 0.25) is 0 Å².